The van der Waals surface area contributed by atoms with Crippen molar-refractivity contribution in [3.63, 3.8) is 0 Å². The molecule has 0 atom stereocenters. The molecule has 5 rings (SSSR count). The van der Waals surface area contributed by atoms with E-state index in [1.54, 1.807) is 27.7 Å². The van der Waals surface area contributed by atoms with Gasteiger partial charge in [0.15, 0.2) is 17.1 Å². The molecule has 1 aromatic carbocycles. The molecule has 130 valence electrons. The SMILES string of the molecule is O=c1c2cnc3ccnn3c2ccn1Cc1ccc2c(c1)OCCCO2. The molecule has 0 radical (unpaired) electrons. The third-order valence-electron chi connectivity index (χ3n) is 4.52. The highest BCUT2D eigenvalue weighted by molar-refractivity contribution is 5.79. The predicted octanol–water partition coefficient (Wildman–Crippen LogP) is 2.25. The number of nitrogens with zero attached hydrogens (tertiary/aromatic N) is 4. The Labute approximate surface area is 148 Å². The molecule has 7 nitrogen and oxygen atoms in total. The molecule has 0 fully saturated rings. The van der Waals surface area contributed by atoms with Gasteiger partial charge in [-0.05, 0) is 23.8 Å². The molecule has 1 aliphatic heterocycles. The molecule has 0 aliphatic carbocycles. The molecule has 26 heavy (non-hydrogen) atoms. The molecule has 0 saturated carbocycles. The van der Waals surface area contributed by atoms with Gasteiger partial charge in [-0.1, -0.05) is 6.07 Å². The largest absolute Gasteiger partial charge is 0.490 e. The topological polar surface area (TPSA) is 70.7 Å². The maximum absolute atomic E-state index is 12.9. The van der Waals surface area contributed by atoms with Crippen molar-refractivity contribution in [2.45, 2.75) is 13.0 Å². The summed E-state index contributed by atoms with van der Waals surface area (Å²) < 4.78 is 14.7. The Kier molecular flexibility index (Phi) is 3.38. The molecule has 7 heteroatoms. The zero-order valence-electron chi connectivity index (χ0n) is 14.0. The van der Waals surface area contributed by atoms with Crippen LogP contribution in [0.4, 0.5) is 0 Å². The molecule has 0 N–H and O–H groups in total. The van der Waals surface area contributed by atoms with Crippen LogP contribution in [0.25, 0.3) is 16.6 Å². The molecular formula is C19H16N4O3. The molecule has 0 amide bonds. The monoisotopic (exact) mass is 348 g/mol. The van der Waals surface area contributed by atoms with Crippen molar-refractivity contribution >= 4 is 16.6 Å². The number of aromatic nitrogens is 4. The van der Waals surface area contributed by atoms with Gasteiger partial charge < -0.3 is 14.0 Å². The van der Waals surface area contributed by atoms with Crippen molar-refractivity contribution in [2.24, 2.45) is 0 Å². The van der Waals surface area contributed by atoms with Crippen LogP contribution >= 0.6 is 0 Å². The van der Waals surface area contributed by atoms with E-state index in [4.69, 9.17) is 9.47 Å². The average Bonchev–Trinajstić information content (AvgIpc) is 3.02. The summed E-state index contributed by atoms with van der Waals surface area (Å²) in [5.74, 6) is 1.48. The van der Waals surface area contributed by atoms with Crippen LogP contribution in [-0.4, -0.2) is 32.4 Å². The molecular weight excluding hydrogens is 332 g/mol. The van der Waals surface area contributed by atoms with E-state index in [0.717, 1.165) is 34.6 Å². The van der Waals surface area contributed by atoms with E-state index in [9.17, 15) is 4.79 Å². The van der Waals surface area contributed by atoms with Gasteiger partial charge in [0.25, 0.3) is 5.56 Å². The zero-order chi connectivity index (χ0) is 17.5. The van der Waals surface area contributed by atoms with E-state index in [1.807, 2.05) is 30.3 Å². The standard InChI is InChI=1S/C19H16N4O3/c24-19-14-11-20-18-4-6-21-23(18)15(14)5-7-22(19)12-13-2-3-16-17(10-13)26-9-1-8-25-16/h2-7,10-11H,1,8-9,12H2. The highest BCUT2D eigenvalue weighted by atomic mass is 16.5. The van der Waals surface area contributed by atoms with E-state index in [-0.39, 0.29) is 5.56 Å². The van der Waals surface area contributed by atoms with Gasteiger partial charge in [-0.2, -0.15) is 5.10 Å². The van der Waals surface area contributed by atoms with Gasteiger partial charge in [0.05, 0.1) is 36.9 Å². The van der Waals surface area contributed by atoms with Gasteiger partial charge in [0, 0.05) is 24.9 Å². The van der Waals surface area contributed by atoms with Crippen molar-refractivity contribution in [3.8, 4) is 11.5 Å². The Bertz CT molecular complexity index is 1180. The highest BCUT2D eigenvalue weighted by Gasteiger charge is 2.12. The number of ether oxygens (including phenoxy) is 2. The highest BCUT2D eigenvalue weighted by Crippen LogP contribution is 2.30. The normalized spacial score (nSPS) is 13.8. The summed E-state index contributed by atoms with van der Waals surface area (Å²) in [5.41, 5.74) is 2.35. The molecule has 4 heterocycles. The zero-order valence-corrected chi connectivity index (χ0v) is 14.0. The Morgan fingerprint density at radius 1 is 1.08 bits per heavy atom. The fourth-order valence-corrected chi connectivity index (χ4v) is 3.23. The van der Waals surface area contributed by atoms with Crippen LogP contribution in [0.15, 0.2) is 53.7 Å². The van der Waals surface area contributed by atoms with E-state index >= 15 is 0 Å². The lowest BCUT2D eigenvalue weighted by Crippen LogP contribution is -2.21. The van der Waals surface area contributed by atoms with Gasteiger partial charge in [-0.3, -0.25) is 4.79 Å². The Morgan fingerprint density at radius 3 is 2.88 bits per heavy atom. The van der Waals surface area contributed by atoms with E-state index in [0.29, 0.717) is 25.1 Å². The fraction of sp³-hybridized carbons (Fsp3) is 0.211. The second kappa shape index (κ2) is 5.87. The summed E-state index contributed by atoms with van der Waals surface area (Å²) >= 11 is 0. The Balaban J connectivity index is 1.55. The van der Waals surface area contributed by atoms with Gasteiger partial charge in [0.2, 0.25) is 0 Å². The second-order valence-electron chi connectivity index (χ2n) is 6.24. The number of rotatable bonds is 2. The summed E-state index contributed by atoms with van der Waals surface area (Å²) in [6.07, 6.45) is 5.93. The van der Waals surface area contributed by atoms with Crippen LogP contribution in [0.5, 0.6) is 11.5 Å². The summed E-state index contributed by atoms with van der Waals surface area (Å²) in [4.78, 5) is 17.2. The second-order valence-corrected chi connectivity index (χ2v) is 6.24. The Hall–Kier alpha value is -3.35. The maximum atomic E-state index is 12.9. The van der Waals surface area contributed by atoms with E-state index in [1.165, 1.54) is 0 Å². The summed E-state index contributed by atoms with van der Waals surface area (Å²) in [6, 6.07) is 9.49. The van der Waals surface area contributed by atoms with E-state index in [2.05, 4.69) is 10.1 Å². The van der Waals surface area contributed by atoms with Crippen molar-refractivity contribution in [1.29, 1.82) is 0 Å². The number of benzene rings is 1. The van der Waals surface area contributed by atoms with E-state index < -0.39 is 0 Å². The molecule has 0 unspecified atom stereocenters. The minimum absolute atomic E-state index is 0.0977. The quantitative estimate of drug-likeness (QED) is 0.556. The van der Waals surface area contributed by atoms with Crippen molar-refractivity contribution in [1.82, 2.24) is 19.2 Å². The van der Waals surface area contributed by atoms with Gasteiger partial charge in [0.1, 0.15) is 0 Å². The number of fused-ring (bicyclic) bond motifs is 4. The summed E-state index contributed by atoms with van der Waals surface area (Å²) in [6.45, 7) is 1.74. The average molecular weight is 348 g/mol. The summed E-state index contributed by atoms with van der Waals surface area (Å²) in [7, 11) is 0. The molecule has 0 saturated heterocycles. The lowest BCUT2D eigenvalue weighted by atomic mass is 10.2. The number of hydrogen-bond acceptors (Lipinski definition) is 5. The molecule has 0 spiro atoms. The maximum Gasteiger partial charge on any atom is 0.261 e. The fourth-order valence-electron chi connectivity index (χ4n) is 3.23. The first kappa shape index (κ1) is 14.9. The molecule has 3 aromatic heterocycles. The molecule has 0 bridgehead atoms. The van der Waals surface area contributed by atoms with Crippen LogP contribution < -0.4 is 15.0 Å². The lowest BCUT2D eigenvalue weighted by molar-refractivity contribution is 0.297. The van der Waals surface area contributed by atoms with Crippen LogP contribution in [-0.2, 0) is 6.54 Å². The van der Waals surface area contributed by atoms with Crippen molar-refractivity contribution in [3.05, 3.63) is 64.8 Å². The number of hydrogen-bond donors (Lipinski definition) is 0. The minimum atomic E-state index is -0.0977. The third-order valence-corrected chi connectivity index (χ3v) is 4.52. The first-order valence-electron chi connectivity index (χ1n) is 8.50. The third kappa shape index (κ3) is 2.40. The van der Waals surface area contributed by atoms with Gasteiger partial charge in [-0.15, -0.1) is 0 Å². The van der Waals surface area contributed by atoms with Crippen LogP contribution in [0, 0.1) is 0 Å². The lowest BCUT2D eigenvalue weighted by Gasteiger charge is -2.11. The first-order chi connectivity index (χ1) is 12.8. The van der Waals surface area contributed by atoms with Crippen LogP contribution in [0.1, 0.15) is 12.0 Å². The first-order valence-corrected chi connectivity index (χ1v) is 8.50. The van der Waals surface area contributed by atoms with Crippen LogP contribution in [0.2, 0.25) is 0 Å². The van der Waals surface area contributed by atoms with Crippen molar-refractivity contribution < 1.29 is 9.47 Å². The van der Waals surface area contributed by atoms with Gasteiger partial charge >= 0.3 is 0 Å². The minimum Gasteiger partial charge on any atom is -0.490 e. The smallest absolute Gasteiger partial charge is 0.261 e. The van der Waals surface area contributed by atoms with Crippen molar-refractivity contribution in [2.75, 3.05) is 13.2 Å². The van der Waals surface area contributed by atoms with Gasteiger partial charge in [-0.25, -0.2) is 9.50 Å². The summed E-state index contributed by atoms with van der Waals surface area (Å²) in [5, 5.41) is 4.77. The molecule has 1 aliphatic rings. The van der Waals surface area contributed by atoms with Crippen LogP contribution in [0.3, 0.4) is 0 Å². The molecule has 4 aromatic rings. The predicted molar refractivity (Wildman–Crippen MR) is 95.9 cm³/mol. The number of pyridine rings is 1. The Morgan fingerprint density at radius 2 is 1.96 bits per heavy atom.